The largest absolute Gasteiger partial charge is 0.175 e. The molecular weight excluding hydrogens is 248 g/mol. The SMILES string of the molecule is CCC(S)C(CCc1ccccc1)c1ccccc1. The van der Waals surface area contributed by atoms with Gasteiger partial charge in [0.25, 0.3) is 0 Å². The van der Waals surface area contributed by atoms with E-state index in [0.717, 1.165) is 19.3 Å². The maximum atomic E-state index is 4.78. The first-order valence-corrected chi connectivity index (χ1v) is 7.60. The minimum absolute atomic E-state index is 0.436. The van der Waals surface area contributed by atoms with E-state index in [1.165, 1.54) is 11.1 Å². The summed E-state index contributed by atoms with van der Waals surface area (Å²) in [5, 5.41) is 0.436. The van der Waals surface area contributed by atoms with E-state index in [-0.39, 0.29) is 0 Å². The van der Waals surface area contributed by atoms with Crippen molar-refractivity contribution in [3.05, 3.63) is 71.8 Å². The van der Waals surface area contributed by atoms with Crippen molar-refractivity contribution in [2.24, 2.45) is 0 Å². The number of benzene rings is 2. The Bertz CT molecular complexity index is 464. The van der Waals surface area contributed by atoms with Gasteiger partial charge in [-0.1, -0.05) is 67.6 Å². The van der Waals surface area contributed by atoms with Crippen molar-refractivity contribution in [2.75, 3.05) is 0 Å². The Balaban J connectivity index is 2.07. The lowest BCUT2D eigenvalue weighted by Gasteiger charge is -2.23. The average molecular weight is 270 g/mol. The van der Waals surface area contributed by atoms with Crippen molar-refractivity contribution in [3.63, 3.8) is 0 Å². The van der Waals surface area contributed by atoms with Crippen molar-refractivity contribution in [1.82, 2.24) is 0 Å². The van der Waals surface area contributed by atoms with Gasteiger partial charge < -0.3 is 0 Å². The van der Waals surface area contributed by atoms with E-state index in [4.69, 9.17) is 12.6 Å². The van der Waals surface area contributed by atoms with Gasteiger partial charge >= 0.3 is 0 Å². The fourth-order valence-corrected chi connectivity index (χ4v) is 2.85. The number of rotatable bonds is 6. The molecule has 0 spiro atoms. The lowest BCUT2D eigenvalue weighted by molar-refractivity contribution is 0.585. The fourth-order valence-electron chi connectivity index (χ4n) is 2.53. The third-order valence-corrected chi connectivity index (χ3v) is 4.42. The van der Waals surface area contributed by atoms with Crippen LogP contribution in [0.25, 0.3) is 0 Å². The second kappa shape index (κ2) is 7.40. The summed E-state index contributed by atoms with van der Waals surface area (Å²) in [4.78, 5) is 0. The summed E-state index contributed by atoms with van der Waals surface area (Å²) in [7, 11) is 0. The normalized spacial score (nSPS) is 14.0. The van der Waals surface area contributed by atoms with E-state index >= 15 is 0 Å². The Morgan fingerprint density at radius 2 is 1.47 bits per heavy atom. The molecule has 0 fully saturated rings. The molecule has 2 atom stereocenters. The predicted molar refractivity (Wildman–Crippen MR) is 87.0 cm³/mol. The van der Waals surface area contributed by atoms with Gasteiger partial charge in [0, 0.05) is 5.25 Å². The zero-order chi connectivity index (χ0) is 13.5. The molecule has 0 aliphatic rings. The van der Waals surface area contributed by atoms with Gasteiger partial charge in [0.2, 0.25) is 0 Å². The Labute approximate surface area is 122 Å². The van der Waals surface area contributed by atoms with Gasteiger partial charge in [-0.3, -0.25) is 0 Å². The quantitative estimate of drug-likeness (QED) is 0.693. The maximum absolute atomic E-state index is 4.78. The van der Waals surface area contributed by atoms with Crippen LogP contribution >= 0.6 is 12.6 Å². The standard InChI is InChI=1S/C18H22S/c1-2-18(19)17(16-11-7-4-8-12-16)14-13-15-9-5-3-6-10-15/h3-12,17-19H,2,13-14H2,1H3. The van der Waals surface area contributed by atoms with Gasteiger partial charge in [0.05, 0.1) is 0 Å². The molecule has 1 heteroatoms. The summed E-state index contributed by atoms with van der Waals surface area (Å²) >= 11 is 4.78. The molecule has 0 amide bonds. The van der Waals surface area contributed by atoms with Gasteiger partial charge in [-0.25, -0.2) is 0 Å². The zero-order valence-corrected chi connectivity index (χ0v) is 12.4. The first-order valence-electron chi connectivity index (χ1n) is 7.08. The van der Waals surface area contributed by atoms with Crippen LogP contribution in [0.1, 0.15) is 36.8 Å². The molecule has 2 aromatic rings. The lowest BCUT2D eigenvalue weighted by atomic mass is 9.88. The van der Waals surface area contributed by atoms with Gasteiger partial charge in [-0.2, -0.15) is 12.6 Å². The van der Waals surface area contributed by atoms with Crippen LogP contribution in [0, 0.1) is 0 Å². The molecule has 2 aromatic carbocycles. The summed E-state index contributed by atoms with van der Waals surface area (Å²) in [5.74, 6) is 0.537. The number of hydrogen-bond acceptors (Lipinski definition) is 1. The fraction of sp³-hybridized carbons (Fsp3) is 0.333. The van der Waals surface area contributed by atoms with Crippen LogP contribution in [0.3, 0.4) is 0 Å². The molecule has 0 aromatic heterocycles. The predicted octanol–water partition coefficient (Wildman–Crippen LogP) is 5.11. The molecule has 0 nitrogen and oxygen atoms in total. The summed E-state index contributed by atoms with van der Waals surface area (Å²) in [6.45, 7) is 2.22. The van der Waals surface area contributed by atoms with Crippen LogP contribution in [0.15, 0.2) is 60.7 Å². The Morgan fingerprint density at radius 1 is 0.895 bits per heavy atom. The van der Waals surface area contributed by atoms with E-state index in [0.29, 0.717) is 11.2 Å². The van der Waals surface area contributed by atoms with Crippen molar-refractivity contribution in [2.45, 2.75) is 37.4 Å². The molecule has 0 saturated carbocycles. The summed E-state index contributed by atoms with van der Waals surface area (Å²) in [6, 6.07) is 21.5. The first-order chi connectivity index (χ1) is 9.31. The zero-order valence-electron chi connectivity index (χ0n) is 11.5. The van der Waals surface area contributed by atoms with Crippen LogP contribution in [0.2, 0.25) is 0 Å². The lowest BCUT2D eigenvalue weighted by Crippen LogP contribution is -2.13. The molecule has 0 saturated heterocycles. The molecule has 0 N–H and O–H groups in total. The van der Waals surface area contributed by atoms with Gasteiger partial charge in [0.1, 0.15) is 0 Å². The highest BCUT2D eigenvalue weighted by Crippen LogP contribution is 2.30. The summed E-state index contributed by atoms with van der Waals surface area (Å²) in [5.41, 5.74) is 2.83. The third kappa shape index (κ3) is 4.14. The molecule has 2 rings (SSSR count). The van der Waals surface area contributed by atoms with Crippen LogP contribution in [0.5, 0.6) is 0 Å². The van der Waals surface area contributed by atoms with Crippen LogP contribution in [-0.2, 0) is 6.42 Å². The van der Waals surface area contributed by atoms with Gasteiger partial charge in [-0.15, -0.1) is 0 Å². The number of thiol groups is 1. The van der Waals surface area contributed by atoms with Crippen LogP contribution < -0.4 is 0 Å². The maximum Gasteiger partial charge on any atom is 0.00830 e. The van der Waals surface area contributed by atoms with Crippen molar-refractivity contribution >= 4 is 12.6 Å². The molecule has 0 aliphatic heterocycles. The molecule has 100 valence electrons. The first kappa shape index (κ1) is 14.2. The Hall–Kier alpha value is -1.21. The second-order valence-corrected chi connectivity index (χ2v) is 5.68. The van der Waals surface area contributed by atoms with Gasteiger partial charge in [-0.05, 0) is 36.3 Å². The number of hydrogen-bond donors (Lipinski definition) is 1. The Morgan fingerprint density at radius 3 is 2.05 bits per heavy atom. The topological polar surface area (TPSA) is 0 Å². The molecule has 2 unspecified atom stereocenters. The monoisotopic (exact) mass is 270 g/mol. The van der Waals surface area contributed by atoms with E-state index in [2.05, 4.69) is 67.6 Å². The molecule has 0 radical (unpaired) electrons. The van der Waals surface area contributed by atoms with Crippen LogP contribution in [-0.4, -0.2) is 5.25 Å². The second-order valence-electron chi connectivity index (χ2n) is 5.02. The van der Waals surface area contributed by atoms with E-state index in [9.17, 15) is 0 Å². The average Bonchev–Trinajstić information content (AvgIpc) is 2.49. The highest BCUT2D eigenvalue weighted by Gasteiger charge is 2.18. The molecule has 0 bridgehead atoms. The summed E-state index contributed by atoms with van der Waals surface area (Å²) in [6.07, 6.45) is 3.39. The van der Waals surface area contributed by atoms with E-state index < -0.39 is 0 Å². The van der Waals surface area contributed by atoms with Crippen LogP contribution in [0.4, 0.5) is 0 Å². The summed E-state index contributed by atoms with van der Waals surface area (Å²) < 4.78 is 0. The highest BCUT2D eigenvalue weighted by molar-refractivity contribution is 7.81. The molecule has 19 heavy (non-hydrogen) atoms. The van der Waals surface area contributed by atoms with E-state index in [1.807, 2.05) is 0 Å². The highest BCUT2D eigenvalue weighted by atomic mass is 32.1. The molecular formula is C18H22S. The molecule has 0 heterocycles. The minimum atomic E-state index is 0.436. The smallest absolute Gasteiger partial charge is 0.00830 e. The van der Waals surface area contributed by atoms with E-state index in [1.54, 1.807) is 0 Å². The molecule has 0 aliphatic carbocycles. The van der Waals surface area contributed by atoms with Crippen molar-refractivity contribution < 1.29 is 0 Å². The van der Waals surface area contributed by atoms with Crippen molar-refractivity contribution in [1.29, 1.82) is 0 Å². The van der Waals surface area contributed by atoms with Gasteiger partial charge in [0.15, 0.2) is 0 Å². The minimum Gasteiger partial charge on any atom is -0.175 e. The third-order valence-electron chi connectivity index (χ3n) is 3.70. The van der Waals surface area contributed by atoms with Crippen molar-refractivity contribution in [3.8, 4) is 0 Å². The number of aryl methyl sites for hydroxylation is 1. The Kier molecular flexibility index (Phi) is 5.53.